The fourth-order valence-electron chi connectivity index (χ4n) is 5.92. The maximum absolute atomic E-state index is 5.15. The van der Waals surface area contributed by atoms with Gasteiger partial charge >= 0.3 is 0 Å². The van der Waals surface area contributed by atoms with Crippen LogP contribution in [0.4, 0.5) is 22.7 Å². The van der Waals surface area contributed by atoms with E-state index in [1.165, 1.54) is 43.9 Å². The largest absolute Gasteiger partial charge is 0.370 e. The van der Waals surface area contributed by atoms with Gasteiger partial charge in [0.1, 0.15) is 11.9 Å². The van der Waals surface area contributed by atoms with Crippen LogP contribution in [0.3, 0.4) is 0 Å². The van der Waals surface area contributed by atoms with E-state index >= 15 is 0 Å². The molecule has 3 nitrogen and oxygen atoms in total. The second-order valence-corrected chi connectivity index (χ2v) is 9.70. The molecule has 1 unspecified atom stereocenters. The summed E-state index contributed by atoms with van der Waals surface area (Å²) < 4.78 is 0. The summed E-state index contributed by atoms with van der Waals surface area (Å²) >= 11 is 0. The van der Waals surface area contributed by atoms with Crippen molar-refractivity contribution in [1.29, 1.82) is 0 Å². The molecule has 2 aliphatic rings. The molecule has 2 heterocycles. The van der Waals surface area contributed by atoms with Gasteiger partial charge in [-0.25, -0.2) is 4.99 Å². The van der Waals surface area contributed by atoms with Crippen LogP contribution in [0.15, 0.2) is 132 Å². The van der Waals surface area contributed by atoms with Crippen molar-refractivity contribution in [1.82, 2.24) is 0 Å². The number of fused-ring (bicyclic) bond motifs is 7. The van der Waals surface area contributed by atoms with E-state index in [-0.39, 0.29) is 6.04 Å². The maximum atomic E-state index is 5.15. The van der Waals surface area contributed by atoms with Crippen LogP contribution < -0.4 is 10.2 Å². The Morgan fingerprint density at radius 2 is 1.35 bits per heavy atom. The Kier molecular flexibility index (Phi) is 4.29. The molecule has 0 spiro atoms. The summed E-state index contributed by atoms with van der Waals surface area (Å²) in [5.74, 6) is 1.01. The van der Waals surface area contributed by atoms with E-state index in [0.717, 1.165) is 22.9 Å². The van der Waals surface area contributed by atoms with Crippen molar-refractivity contribution in [3.63, 3.8) is 0 Å². The molecule has 0 radical (unpaired) electrons. The molecular formula is C34H23N3. The molecule has 0 fully saturated rings. The zero-order valence-corrected chi connectivity index (χ0v) is 20.1. The molecule has 0 amide bonds. The molecule has 6 aromatic carbocycles. The number of anilines is 3. The Balaban J connectivity index is 1.36. The first-order valence-corrected chi connectivity index (χ1v) is 12.7. The SMILES string of the molecule is c1ccc(N2C3=Nc4ccccc4NC3c3cc(-c4cc5ccccc5c5ccccc45)ccc32)cc1. The lowest BCUT2D eigenvalue weighted by Crippen LogP contribution is -2.29. The van der Waals surface area contributed by atoms with Crippen LogP contribution in [0.2, 0.25) is 0 Å². The Morgan fingerprint density at radius 3 is 2.24 bits per heavy atom. The van der Waals surface area contributed by atoms with E-state index in [1.54, 1.807) is 0 Å². The van der Waals surface area contributed by atoms with E-state index in [0.29, 0.717) is 0 Å². The predicted octanol–water partition coefficient (Wildman–Crippen LogP) is 9.01. The number of hydrogen-bond donors (Lipinski definition) is 1. The third kappa shape index (κ3) is 3.04. The van der Waals surface area contributed by atoms with Crippen LogP contribution in [-0.4, -0.2) is 5.84 Å². The molecule has 6 aromatic rings. The van der Waals surface area contributed by atoms with Gasteiger partial charge in [0.15, 0.2) is 0 Å². The van der Waals surface area contributed by atoms with Crippen LogP contribution >= 0.6 is 0 Å². The Bertz CT molecular complexity index is 1870. The Labute approximate surface area is 215 Å². The van der Waals surface area contributed by atoms with Gasteiger partial charge in [-0.3, -0.25) is 4.90 Å². The lowest BCUT2D eigenvalue weighted by molar-refractivity contribution is 1.04. The third-order valence-corrected chi connectivity index (χ3v) is 7.60. The normalized spacial score (nSPS) is 15.6. The monoisotopic (exact) mass is 473 g/mol. The summed E-state index contributed by atoms with van der Waals surface area (Å²) in [6.45, 7) is 0. The summed E-state index contributed by atoms with van der Waals surface area (Å²) in [5.41, 5.74) is 8.05. The van der Waals surface area contributed by atoms with Crippen molar-refractivity contribution in [2.45, 2.75) is 6.04 Å². The second kappa shape index (κ2) is 7.81. The van der Waals surface area contributed by atoms with Gasteiger partial charge in [-0.1, -0.05) is 84.9 Å². The first kappa shape index (κ1) is 20.3. The topological polar surface area (TPSA) is 27.6 Å². The third-order valence-electron chi connectivity index (χ3n) is 7.60. The van der Waals surface area contributed by atoms with Crippen LogP contribution in [0.25, 0.3) is 32.7 Å². The van der Waals surface area contributed by atoms with E-state index in [1.807, 2.05) is 6.07 Å². The van der Waals surface area contributed by atoms with Crippen LogP contribution in [0.5, 0.6) is 0 Å². The molecule has 174 valence electrons. The van der Waals surface area contributed by atoms with Crippen molar-refractivity contribution >= 4 is 50.1 Å². The van der Waals surface area contributed by atoms with Gasteiger partial charge in [0.2, 0.25) is 0 Å². The van der Waals surface area contributed by atoms with Crippen LogP contribution in [0.1, 0.15) is 11.6 Å². The molecule has 8 rings (SSSR count). The van der Waals surface area contributed by atoms with Crippen molar-refractivity contribution in [2.75, 3.05) is 10.2 Å². The maximum Gasteiger partial charge on any atom is 0.141 e. The number of nitrogens with zero attached hydrogens (tertiary/aromatic N) is 2. The van der Waals surface area contributed by atoms with Gasteiger partial charge in [-0.2, -0.15) is 0 Å². The lowest BCUT2D eigenvalue weighted by atomic mass is 9.92. The van der Waals surface area contributed by atoms with E-state index < -0.39 is 0 Å². The van der Waals surface area contributed by atoms with Gasteiger partial charge in [0, 0.05) is 11.3 Å². The average Bonchev–Trinajstić information content (AvgIpc) is 3.28. The number of para-hydroxylation sites is 3. The van der Waals surface area contributed by atoms with Crippen molar-refractivity contribution in [3.05, 3.63) is 133 Å². The number of hydrogen-bond acceptors (Lipinski definition) is 3. The number of nitrogens with one attached hydrogen (secondary N) is 1. The second-order valence-electron chi connectivity index (χ2n) is 9.70. The number of benzene rings is 6. The molecule has 37 heavy (non-hydrogen) atoms. The van der Waals surface area contributed by atoms with Crippen molar-refractivity contribution in [2.24, 2.45) is 4.99 Å². The van der Waals surface area contributed by atoms with Gasteiger partial charge in [-0.15, -0.1) is 0 Å². The highest BCUT2D eigenvalue weighted by atomic mass is 15.3. The number of aliphatic imine (C=N–C) groups is 1. The minimum Gasteiger partial charge on any atom is -0.370 e. The lowest BCUT2D eigenvalue weighted by Gasteiger charge is -2.26. The molecule has 1 atom stereocenters. The number of rotatable bonds is 2. The van der Waals surface area contributed by atoms with Crippen LogP contribution in [0, 0.1) is 0 Å². The standard InChI is InChI=1S/C34H23N3/c1-2-11-24(12-3-1)37-32-19-18-23(21-29(32)33-34(37)36-31-17-9-8-16-30(31)35-33)28-20-22-10-4-5-13-25(22)26-14-6-7-15-27(26)28/h1-21,33,35H. The summed E-state index contributed by atoms with van der Waals surface area (Å²) in [7, 11) is 0. The minimum absolute atomic E-state index is 0.0169. The first-order chi connectivity index (χ1) is 18.3. The zero-order chi connectivity index (χ0) is 24.3. The summed E-state index contributed by atoms with van der Waals surface area (Å²) in [6.07, 6.45) is 0. The summed E-state index contributed by atoms with van der Waals surface area (Å²) in [5, 5.41) is 8.90. The first-order valence-electron chi connectivity index (χ1n) is 12.7. The zero-order valence-electron chi connectivity index (χ0n) is 20.1. The molecular weight excluding hydrogens is 450 g/mol. The van der Waals surface area contributed by atoms with E-state index in [9.17, 15) is 0 Å². The van der Waals surface area contributed by atoms with Gasteiger partial charge in [0.25, 0.3) is 0 Å². The summed E-state index contributed by atoms with van der Waals surface area (Å²) in [6, 6.07) is 45.4. The molecule has 0 aromatic heterocycles. The van der Waals surface area contributed by atoms with Crippen molar-refractivity contribution in [3.8, 4) is 11.1 Å². The molecule has 1 N–H and O–H groups in total. The predicted molar refractivity (Wildman–Crippen MR) is 155 cm³/mol. The fourth-order valence-corrected chi connectivity index (χ4v) is 5.92. The highest BCUT2D eigenvalue weighted by molar-refractivity contribution is 6.18. The van der Waals surface area contributed by atoms with Crippen LogP contribution in [-0.2, 0) is 0 Å². The Morgan fingerprint density at radius 1 is 0.622 bits per heavy atom. The molecule has 0 saturated carbocycles. The Hall–Kier alpha value is -4.89. The quantitative estimate of drug-likeness (QED) is 0.254. The highest BCUT2D eigenvalue weighted by Gasteiger charge is 2.39. The average molecular weight is 474 g/mol. The van der Waals surface area contributed by atoms with Crippen molar-refractivity contribution < 1.29 is 0 Å². The minimum atomic E-state index is -0.0169. The van der Waals surface area contributed by atoms with Gasteiger partial charge in [0.05, 0.1) is 17.1 Å². The molecule has 0 aliphatic carbocycles. The number of amidine groups is 1. The molecule has 3 heteroatoms. The highest BCUT2D eigenvalue weighted by Crippen LogP contribution is 2.49. The van der Waals surface area contributed by atoms with Gasteiger partial charge in [-0.05, 0) is 75.1 Å². The smallest absolute Gasteiger partial charge is 0.141 e. The van der Waals surface area contributed by atoms with Gasteiger partial charge < -0.3 is 5.32 Å². The van der Waals surface area contributed by atoms with E-state index in [4.69, 9.17) is 4.99 Å². The molecule has 0 saturated heterocycles. The van der Waals surface area contributed by atoms with E-state index in [2.05, 4.69) is 132 Å². The molecule has 2 aliphatic heterocycles. The summed E-state index contributed by atoms with van der Waals surface area (Å²) in [4.78, 5) is 7.45. The fraction of sp³-hybridized carbons (Fsp3) is 0.0294. The molecule has 0 bridgehead atoms.